The summed E-state index contributed by atoms with van der Waals surface area (Å²) in [6, 6.07) is 0. The lowest BCUT2D eigenvalue weighted by molar-refractivity contribution is -0.492. The summed E-state index contributed by atoms with van der Waals surface area (Å²) in [5, 5.41) is 15.6. The van der Waals surface area contributed by atoms with Gasteiger partial charge in [0, 0.05) is 0 Å². The van der Waals surface area contributed by atoms with Crippen LogP contribution < -0.4 is 0 Å². The molecule has 1 fully saturated rings. The number of epoxide rings is 1. The minimum Gasteiger partial charge on any atom is -0.371 e. The van der Waals surface area contributed by atoms with E-state index in [0.717, 1.165) is 0 Å². The second-order valence-corrected chi connectivity index (χ2v) is 1.50. The molecule has 0 bridgehead atoms. The van der Waals surface area contributed by atoms with Gasteiger partial charge in [-0.1, -0.05) is 0 Å². The van der Waals surface area contributed by atoms with Gasteiger partial charge in [0.2, 0.25) is 0 Å². The summed E-state index contributed by atoms with van der Waals surface area (Å²) in [5.74, 6) is 0. The van der Waals surface area contributed by atoms with E-state index < -0.39 is 0 Å². The zero-order valence-corrected chi connectivity index (χ0v) is 4.15. The van der Waals surface area contributed by atoms with E-state index in [4.69, 9.17) is 10.4 Å². The summed E-state index contributed by atoms with van der Waals surface area (Å²) in [4.78, 5) is 4.19. The van der Waals surface area contributed by atoms with Crippen LogP contribution in [0, 0.1) is 0 Å². The van der Waals surface area contributed by atoms with Crippen molar-refractivity contribution in [2.45, 2.75) is 6.10 Å². The molecule has 0 aliphatic carbocycles. The van der Waals surface area contributed by atoms with E-state index in [-0.39, 0.29) is 18.1 Å². The SMILES string of the molecule is ON(O)OCC1CO1. The molecule has 1 aliphatic heterocycles. The van der Waals surface area contributed by atoms with Crippen molar-refractivity contribution in [3.8, 4) is 0 Å². The summed E-state index contributed by atoms with van der Waals surface area (Å²) in [6.45, 7) is 0.848. The van der Waals surface area contributed by atoms with E-state index in [1.165, 1.54) is 0 Å². The Morgan fingerprint density at radius 1 is 1.75 bits per heavy atom. The van der Waals surface area contributed by atoms with Gasteiger partial charge in [0.1, 0.15) is 12.7 Å². The van der Waals surface area contributed by atoms with Gasteiger partial charge in [0.15, 0.2) is 0 Å². The van der Waals surface area contributed by atoms with Crippen molar-refractivity contribution in [3.05, 3.63) is 0 Å². The van der Waals surface area contributed by atoms with E-state index in [1.54, 1.807) is 0 Å². The zero-order valence-electron chi connectivity index (χ0n) is 4.15. The first-order valence-corrected chi connectivity index (χ1v) is 2.21. The van der Waals surface area contributed by atoms with E-state index in [1.807, 2.05) is 0 Å². The Labute approximate surface area is 45.9 Å². The van der Waals surface area contributed by atoms with Crippen LogP contribution in [-0.4, -0.2) is 35.1 Å². The maximum absolute atomic E-state index is 7.94. The van der Waals surface area contributed by atoms with Crippen LogP contribution in [0.4, 0.5) is 0 Å². The number of ether oxygens (including phenoxy) is 1. The predicted molar refractivity (Wildman–Crippen MR) is 21.1 cm³/mol. The van der Waals surface area contributed by atoms with Gasteiger partial charge in [-0.05, 0) is 0 Å². The van der Waals surface area contributed by atoms with Crippen molar-refractivity contribution in [3.63, 3.8) is 0 Å². The zero-order chi connectivity index (χ0) is 5.98. The van der Waals surface area contributed by atoms with Crippen LogP contribution in [0.1, 0.15) is 0 Å². The molecule has 1 saturated heterocycles. The number of rotatable bonds is 3. The molecule has 5 heteroatoms. The molecule has 48 valence electrons. The molecule has 0 aromatic carbocycles. The van der Waals surface area contributed by atoms with Crippen molar-refractivity contribution < 1.29 is 20.0 Å². The largest absolute Gasteiger partial charge is 0.371 e. The molecule has 0 aromatic heterocycles. The first-order valence-electron chi connectivity index (χ1n) is 2.21. The lowest BCUT2D eigenvalue weighted by atomic mass is 10.5. The number of hydrogen-bond acceptors (Lipinski definition) is 5. The lowest BCUT2D eigenvalue weighted by Crippen LogP contribution is -2.17. The third-order valence-corrected chi connectivity index (χ3v) is 0.778. The maximum Gasteiger partial charge on any atom is 0.106 e. The van der Waals surface area contributed by atoms with Crippen LogP contribution in [-0.2, 0) is 9.57 Å². The van der Waals surface area contributed by atoms with Gasteiger partial charge in [-0.2, -0.15) is 0 Å². The van der Waals surface area contributed by atoms with Gasteiger partial charge >= 0.3 is 0 Å². The topological polar surface area (TPSA) is 65.5 Å². The van der Waals surface area contributed by atoms with Gasteiger partial charge in [-0.25, -0.2) is 4.84 Å². The Morgan fingerprint density at radius 3 is 2.75 bits per heavy atom. The number of hydrogen-bond donors (Lipinski definition) is 2. The van der Waals surface area contributed by atoms with Crippen molar-refractivity contribution in [1.29, 1.82) is 0 Å². The second kappa shape index (κ2) is 2.38. The summed E-state index contributed by atoms with van der Waals surface area (Å²) in [6.07, 6.45) is 0.0526. The molecule has 1 atom stereocenters. The maximum atomic E-state index is 7.94. The molecule has 1 unspecified atom stereocenters. The van der Waals surface area contributed by atoms with Gasteiger partial charge < -0.3 is 4.74 Å². The van der Waals surface area contributed by atoms with E-state index in [0.29, 0.717) is 6.61 Å². The average Bonchev–Trinajstić information content (AvgIpc) is 2.41. The average molecular weight is 121 g/mol. The van der Waals surface area contributed by atoms with Crippen molar-refractivity contribution in [2.75, 3.05) is 13.2 Å². The van der Waals surface area contributed by atoms with Crippen LogP contribution in [0.3, 0.4) is 0 Å². The normalized spacial score (nSPS) is 26.6. The molecule has 1 aliphatic rings. The Balaban J connectivity index is 1.87. The predicted octanol–water partition coefficient (Wildman–Crippen LogP) is -0.603. The third-order valence-electron chi connectivity index (χ3n) is 0.778. The first kappa shape index (κ1) is 5.93. The monoisotopic (exact) mass is 121 g/mol. The molecule has 8 heavy (non-hydrogen) atoms. The molecule has 5 nitrogen and oxygen atoms in total. The van der Waals surface area contributed by atoms with Crippen molar-refractivity contribution >= 4 is 0 Å². The van der Waals surface area contributed by atoms with Crippen molar-refractivity contribution in [1.82, 2.24) is 5.39 Å². The van der Waals surface area contributed by atoms with Gasteiger partial charge in [0.05, 0.1) is 12.0 Å². The highest BCUT2D eigenvalue weighted by atomic mass is 17.1. The fourth-order valence-corrected chi connectivity index (χ4v) is 0.314. The molecule has 1 rings (SSSR count). The molecule has 2 N–H and O–H groups in total. The second-order valence-electron chi connectivity index (χ2n) is 1.50. The van der Waals surface area contributed by atoms with E-state index >= 15 is 0 Å². The highest BCUT2D eigenvalue weighted by Crippen LogP contribution is 2.08. The molecule has 0 spiro atoms. The molecular formula is C3H7NO4. The quantitative estimate of drug-likeness (QED) is 0.385. The summed E-state index contributed by atoms with van der Waals surface area (Å²) in [7, 11) is 0. The summed E-state index contributed by atoms with van der Waals surface area (Å²) < 4.78 is 4.69. The van der Waals surface area contributed by atoms with Crippen LogP contribution >= 0.6 is 0 Å². The Bertz CT molecular complexity index is 69.7. The highest BCUT2D eigenvalue weighted by molar-refractivity contribution is 4.66. The minimum atomic E-state index is -0.318. The van der Waals surface area contributed by atoms with E-state index in [2.05, 4.69) is 9.57 Å². The molecule has 0 radical (unpaired) electrons. The molecule has 0 aromatic rings. The fourth-order valence-electron chi connectivity index (χ4n) is 0.314. The molecular weight excluding hydrogens is 114 g/mol. The van der Waals surface area contributed by atoms with Crippen LogP contribution in [0.25, 0.3) is 0 Å². The smallest absolute Gasteiger partial charge is 0.106 e. The fraction of sp³-hybridized carbons (Fsp3) is 1.00. The third kappa shape index (κ3) is 2.20. The van der Waals surface area contributed by atoms with E-state index in [9.17, 15) is 0 Å². The standard InChI is InChI=1S/C3H7NO4/c5-4(6)8-2-3-1-7-3/h3,5-6H,1-2H2. The van der Waals surface area contributed by atoms with Crippen LogP contribution in [0.5, 0.6) is 0 Å². The van der Waals surface area contributed by atoms with Crippen LogP contribution in [0.2, 0.25) is 0 Å². The summed E-state index contributed by atoms with van der Waals surface area (Å²) >= 11 is 0. The van der Waals surface area contributed by atoms with Crippen molar-refractivity contribution in [2.24, 2.45) is 0 Å². The van der Waals surface area contributed by atoms with Gasteiger partial charge in [-0.3, -0.25) is 10.4 Å². The van der Waals surface area contributed by atoms with Gasteiger partial charge in [0.25, 0.3) is 0 Å². The molecule has 0 amide bonds. The molecule has 1 heterocycles. The minimum absolute atomic E-state index is 0.0526. The Hall–Kier alpha value is -0.200. The Morgan fingerprint density at radius 2 is 2.38 bits per heavy atom. The molecule has 0 saturated carbocycles. The van der Waals surface area contributed by atoms with Crippen LogP contribution in [0.15, 0.2) is 0 Å². The highest BCUT2D eigenvalue weighted by Gasteiger charge is 2.23. The number of nitrogens with zero attached hydrogens (tertiary/aromatic N) is 1. The Kier molecular flexibility index (Phi) is 1.77. The first-order chi connectivity index (χ1) is 3.79. The summed E-state index contributed by atoms with van der Waals surface area (Å²) in [5.41, 5.74) is 0. The lowest BCUT2D eigenvalue weighted by Gasteiger charge is -2.02. The van der Waals surface area contributed by atoms with Gasteiger partial charge in [-0.15, -0.1) is 0 Å².